The third-order valence-electron chi connectivity index (χ3n) is 2.91. The lowest BCUT2D eigenvalue weighted by molar-refractivity contribution is 0.0939. The molecule has 100 valence electrons. The fraction of sp³-hybridized carbons (Fsp3) is 0.500. The molecule has 0 saturated carbocycles. The minimum Gasteiger partial charge on any atom is -0.350 e. The van der Waals surface area contributed by atoms with Crippen LogP contribution in [-0.2, 0) is 0 Å². The summed E-state index contributed by atoms with van der Waals surface area (Å²) >= 11 is 0. The van der Waals surface area contributed by atoms with Crippen LogP contribution in [0.2, 0.25) is 0 Å². The molecule has 0 bridgehead atoms. The second kappa shape index (κ2) is 7.28. The number of hydrogen-bond donors (Lipinski definition) is 2. The van der Waals surface area contributed by atoms with Crippen molar-refractivity contribution in [1.29, 1.82) is 0 Å². The van der Waals surface area contributed by atoms with Crippen LogP contribution in [0, 0.1) is 11.7 Å². The second-order valence-electron chi connectivity index (χ2n) is 4.28. The lowest BCUT2D eigenvalue weighted by Gasteiger charge is -2.22. The van der Waals surface area contributed by atoms with Gasteiger partial charge in [-0.1, -0.05) is 0 Å². The summed E-state index contributed by atoms with van der Waals surface area (Å²) in [7, 11) is 0. The molecule has 1 aromatic heterocycles. The van der Waals surface area contributed by atoms with Crippen LogP contribution in [0.1, 0.15) is 23.3 Å². The van der Waals surface area contributed by atoms with Gasteiger partial charge in [0, 0.05) is 6.54 Å². The minimum atomic E-state index is -0.432. The highest BCUT2D eigenvalue weighted by atomic mass is 35.5. The zero-order chi connectivity index (χ0) is 12.1. The summed E-state index contributed by atoms with van der Waals surface area (Å²) in [5.41, 5.74) is 0.259. The van der Waals surface area contributed by atoms with Gasteiger partial charge in [0.15, 0.2) is 0 Å². The Morgan fingerprint density at radius 3 is 3.00 bits per heavy atom. The Hall–Kier alpha value is -1.20. The molecule has 6 heteroatoms. The molecule has 1 aromatic rings. The van der Waals surface area contributed by atoms with Crippen LogP contribution in [0.3, 0.4) is 0 Å². The van der Waals surface area contributed by atoms with Gasteiger partial charge in [0.25, 0.3) is 5.91 Å². The molecule has 1 aliphatic rings. The van der Waals surface area contributed by atoms with E-state index in [0.29, 0.717) is 12.5 Å². The van der Waals surface area contributed by atoms with Crippen molar-refractivity contribution in [2.24, 2.45) is 5.92 Å². The molecular formula is C12H17ClFN3O. The van der Waals surface area contributed by atoms with Gasteiger partial charge in [-0.15, -0.1) is 12.4 Å². The Kier molecular flexibility index (Phi) is 6.01. The maximum Gasteiger partial charge on any atom is 0.269 e. The number of nitrogens with zero attached hydrogens (tertiary/aromatic N) is 1. The lowest BCUT2D eigenvalue weighted by Crippen LogP contribution is -2.38. The van der Waals surface area contributed by atoms with E-state index < -0.39 is 5.82 Å². The molecule has 2 N–H and O–H groups in total. The van der Waals surface area contributed by atoms with Crippen molar-refractivity contribution >= 4 is 18.3 Å². The summed E-state index contributed by atoms with van der Waals surface area (Å²) in [4.78, 5) is 15.4. The van der Waals surface area contributed by atoms with Gasteiger partial charge >= 0.3 is 0 Å². The number of amides is 1. The Labute approximate surface area is 112 Å². The van der Waals surface area contributed by atoms with Crippen molar-refractivity contribution in [3.63, 3.8) is 0 Å². The van der Waals surface area contributed by atoms with Gasteiger partial charge in [-0.05, 0) is 44.0 Å². The molecule has 18 heavy (non-hydrogen) atoms. The maximum absolute atomic E-state index is 12.6. The predicted octanol–water partition coefficient (Wildman–Crippen LogP) is 1.37. The number of aromatic nitrogens is 1. The fourth-order valence-corrected chi connectivity index (χ4v) is 1.94. The van der Waals surface area contributed by atoms with Gasteiger partial charge in [0.2, 0.25) is 0 Å². The molecule has 0 spiro atoms. The second-order valence-corrected chi connectivity index (χ2v) is 4.28. The highest BCUT2D eigenvalue weighted by Crippen LogP contribution is 2.08. The van der Waals surface area contributed by atoms with E-state index in [4.69, 9.17) is 0 Å². The minimum absolute atomic E-state index is 0. The van der Waals surface area contributed by atoms with Crippen molar-refractivity contribution in [1.82, 2.24) is 15.6 Å². The van der Waals surface area contributed by atoms with Crippen LogP contribution < -0.4 is 10.6 Å². The summed E-state index contributed by atoms with van der Waals surface area (Å²) in [5.74, 6) is -0.193. The average Bonchev–Trinajstić information content (AvgIpc) is 2.38. The fourth-order valence-electron chi connectivity index (χ4n) is 1.94. The topological polar surface area (TPSA) is 54.0 Å². The van der Waals surface area contributed by atoms with E-state index in [1.807, 2.05) is 0 Å². The Morgan fingerprint density at radius 2 is 2.39 bits per heavy atom. The van der Waals surface area contributed by atoms with E-state index in [1.165, 1.54) is 12.1 Å². The van der Waals surface area contributed by atoms with Crippen molar-refractivity contribution in [2.75, 3.05) is 19.6 Å². The summed E-state index contributed by atoms with van der Waals surface area (Å²) < 4.78 is 12.6. The maximum atomic E-state index is 12.6. The van der Waals surface area contributed by atoms with Crippen LogP contribution in [0.25, 0.3) is 0 Å². The molecule has 4 nitrogen and oxygen atoms in total. The molecule has 2 heterocycles. The smallest absolute Gasteiger partial charge is 0.269 e. The van der Waals surface area contributed by atoms with Crippen LogP contribution in [0.4, 0.5) is 4.39 Å². The van der Waals surface area contributed by atoms with Gasteiger partial charge in [-0.3, -0.25) is 4.79 Å². The monoisotopic (exact) mass is 273 g/mol. The summed E-state index contributed by atoms with van der Waals surface area (Å²) in [6.45, 7) is 2.64. The standard InChI is InChI=1S/C12H16FN3O.ClH/c13-10-3-4-11(15-8-10)12(17)16-7-9-2-1-5-14-6-9;/h3-4,8-9,14H,1-2,5-7H2,(H,16,17);1H. The number of piperidine rings is 1. The van der Waals surface area contributed by atoms with E-state index in [-0.39, 0.29) is 24.0 Å². The van der Waals surface area contributed by atoms with Gasteiger partial charge in [-0.25, -0.2) is 9.37 Å². The number of nitrogens with one attached hydrogen (secondary N) is 2. The number of rotatable bonds is 3. The first-order valence-corrected chi connectivity index (χ1v) is 5.86. The molecule has 1 unspecified atom stereocenters. The first-order valence-electron chi connectivity index (χ1n) is 5.86. The third kappa shape index (κ3) is 4.23. The van der Waals surface area contributed by atoms with Gasteiger partial charge in [0.1, 0.15) is 11.5 Å². The van der Waals surface area contributed by atoms with E-state index in [1.54, 1.807) is 0 Å². The molecule has 1 amide bonds. The van der Waals surface area contributed by atoms with Crippen molar-refractivity contribution in [3.8, 4) is 0 Å². The van der Waals surface area contributed by atoms with Gasteiger partial charge in [0.05, 0.1) is 6.20 Å². The average molecular weight is 274 g/mol. The zero-order valence-electron chi connectivity index (χ0n) is 9.99. The summed E-state index contributed by atoms with van der Waals surface area (Å²) in [6, 6.07) is 2.63. The third-order valence-corrected chi connectivity index (χ3v) is 2.91. The molecule has 0 aromatic carbocycles. The largest absolute Gasteiger partial charge is 0.350 e. The molecule has 2 rings (SSSR count). The first-order chi connectivity index (χ1) is 8.25. The Bertz CT molecular complexity index is 379. The van der Waals surface area contributed by atoms with Crippen LogP contribution in [-0.4, -0.2) is 30.5 Å². The number of carbonyl (C=O) groups is 1. The molecular weight excluding hydrogens is 257 g/mol. The molecule has 1 fully saturated rings. The van der Waals surface area contributed by atoms with Crippen LogP contribution >= 0.6 is 12.4 Å². The molecule has 0 radical (unpaired) electrons. The van der Waals surface area contributed by atoms with Gasteiger partial charge < -0.3 is 10.6 Å². The number of pyridine rings is 1. The zero-order valence-corrected chi connectivity index (χ0v) is 10.8. The van der Waals surface area contributed by atoms with Crippen LogP contribution in [0.5, 0.6) is 0 Å². The summed E-state index contributed by atoms with van der Waals surface area (Å²) in [6.07, 6.45) is 3.33. The highest BCUT2D eigenvalue weighted by molar-refractivity contribution is 5.92. The quantitative estimate of drug-likeness (QED) is 0.875. The lowest BCUT2D eigenvalue weighted by atomic mass is 10.00. The highest BCUT2D eigenvalue weighted by Gasteiger charge is 2.14. The molecule has 1 atom stereocenters. The Morgan fingerprint density at radius 1 is 1.56 bits per heavy atom. The molecule has 0 aliphatic carbocycles. The van der Waals surface area contributed by atoms with Crippen molar-refractivity contribution < 1.29 is 9.18 Å². The predicted molar refractivity (Wildman–Crippen MR) is 69.4 cm³/mol. The number of hydrogen-bond acceptors (Lipinski definition) is 3. The van der Waals surface area contributed by atoms with Crippen LogP contribution in [0.15, 0.2) is 18.3 Å². The summed E-state index contributed by atoms with van der Waals surface area (Å²) in [5, 5.41) is 6.11. The Balaban J connectivity index is 0.00000162. The van der Waals surface area contributed by atoms with E-state index in [2.05, 4.69) is 15.6 Å². The van der Waals surface area contributed by atoms with Crippen molar-refractivity contribution in [3.05, 3.63) is 29.8 Å². The molecule has 1 aliphatic heterocycles. The van der Waals surface area contributed by atoms with E-state index in [0.717, 1.165) is 32.1 Å². The van der Waals surface area contributed by atoms with Gasteiger partial charge in [-0.2, -0.15) is 0 Å². The van der Waals surface area contributed by atoms with E-state index in [9.17, 15) is 9.18 Å². The van der Waals surface area contributed by atoms with Crippen molar-refractivity contribution in [2.45, 2.75) is 12.8 Å². The normalized spacial score (nSPS) is 18.8. The number of carbonyl (C=O) groups excluding carboxylic acids is 1. The number of halogens is 2. The van der Waals surface area contributed by atoms with E-state index >= 15 is 0 Å². The first kappa shape index (κ1) is 14.9. The molecule has 1 saturated heterocycles. The SMILES string of the molecule is Cl.O=C(NCC1CCCNC1)c1ccc(F)cn1.